The zero-order chi connectivity index (χ0) is 32.0. The van der Waals surface area contributed by atoms with E-state index in [4.69, 9.17) is 4.74 Å². The minimum atomic E-state index is -4.48. The Morgan fingerprint density at radius 3 is 2.34 bits per heavy atom. The maximum atomic E-state index is 14.1. The second-order valence-electron chi connectivity index (χ2n) is 11.1. The smallest absolute Gasteiger partial charge is 0.273 e. The molecule has 1 atom stereocenters. The zero-order valence-electron chi connectivity index (χ0n) is 25.4. The van der Waals surface area contributed by atoms with Crippen LogP contribution in [0.3, 0.4) is 0 Å². The first-order valence-corrected chi connectivity index (χ1v) is 15.9. The molecule has 0 aromatic heterocycles. The second kappa shape index (κ2) is 13.9. The topological polar surface area (TPSA) is 139 Å². The summed E-state index contributed by atoms with van der Waals surface area (Å²) in [6.07, 6.45) is 3.79. The number of rotatable bonds is 12. The van der Waals surface area contributed by atoms with Crippen LogP contribution in [0.1, 0.15) is 49.3 Å². The van der Waals surface area contributed by atoms with E-state index in [1.807, 2.05) is 31.2 Å². The molecule has 1 N–H and O–H groups in total. The molecule has 0 radical (unpaired) electrons. The number of benzene rings is 3. The first-order valence-electron chi connectivity index (χ1n) is 14.5. The molecule has 0 bridgehead atoms. The number of carbonyl (C=O) groups is 2. The maximum Gasteiger partial charge on any atom is 0.273 e. The molecular weight excluding hydrogens is 584 g/mol. The standard InChI is InChI=1S/C32H38N4O7S/c1-22-8-7-9-25(18-22)20-34(24(3)32(38)33-26-10-5-6-11-26)31(37)21-35(27-13-15-28(43-4)16-14-27)44(41,42)29-17-12-23(2)30(19-29)36(39)40/h7-9,12-19,24,26H,5-6,10-11,20-21H2,1-4H3,(H,33,38)/t24-/m1/s1. The third-order valence-electron chi connectivity index (χ3n) is 7.91. The first kappa shape index (κ1) is 32.5. The van der Waals surface area contributed by atoms with E-state index < -0.39 is 33.4 Å². The summed E-state index contributed by atoms with van der Waals surface area (Å²) in [7, 11) is -3.01. The van der Waals surface area contributed by atoms with Gasteiger partial charge in [0.1, 0.15) is 18.3 Å². The van der Waals surface area contributed by atoms with Gasteiger partial charge < -0.3 is 15.0 Å². The normalized spacial score (nSPS) is 14.1. The highest BCUT2D eigenvalue weighted by Crippen LogP contribution is 2.29. The van der Waals surface area contributed by atoms with E-state index in [1.165, 1.54) is 43.2 Å². The lowest BCUT2D eigenvalue weighted by atomic mass is 10.1. The summed E-state index contributed by atoms with van der Waals surface area (Å²) in [5, 5.41) is 14.7. The molecule has 1 aliphatic rings. The molecule has 234 valence electrons. The van der Waals surface area contributed by atoms with E-state index in [9.17, 15) is 28.1 Å². The Hall–Kier alpha value is -4.45. The fraction of sp³-hybridized carbons (Fsp3) is 0.375. The highest BCUT2D eigenvalue weighted by molar-refractivity contribution is 7.92. The molecule has 2 amide bonds. The Labute approximate surface area is 258 Å². The summed E-state index contributed by atoms with van der Waals surface area (Å²) in [5.41, 5.74) is 1.85. The average molecular weight is 623 g/mol. The summed E-state index contributed by atoms with van der Waals surface area (Å²) in [4.78, 5) is 39.5. The van der Waals surface area contributed by atoms with Gasteiger partial charge in [-0.1, -0.05) is 48.7 Å². The van der Waals surface area contributed by atoms with Gasteiger partial charge in [-0.2, -0.15) is 0 Å². The summed E-state index contributed by atoms with van der Waals surface area (Å²) >= 11 is 0. The number of anilines is 1. The fourth-order valence-electron chi connectivity index (χ4n) is 5.33. The summed E-state index contributed by atoms with van der Waals surface area (Å²) < 4.78 is 34.3. The van der Waals surface area contributed by atoms with Gasteiger partial charge in [-0.15, -0.1) is 0 Å². The van der Waals surface area contributed by atoms with Gasteiger partial charge in [0.05, 0.1) is 22.6 Å². The highest BCUT2D eigenvalue weighted by atomic mass is 32.2. The van der Waals surface area contributed by atoms with Crippen LogP contribution in [0.4, 0.5) is 11.4 Å². The van der Waals surface area contributed by atoms with Crippen LogP contribution in [0.25, 0.3) is 0 Å². The van der Waals surface area contributed by atoms with E-state index >= 15 is 0 Å². The molecule has 44 heavy (non-hydrogen) atoms. The average Bonchev–Trinajstić information content (AvgIpc) is 3.51. The van der Waals surface area contributed by atoms with Crippen LogP contribution in [0.5, 0.6) is 5.75 Å². The summed E-state index contributed by atoms with van der Waals surface area (Å²) in [6, 6.07) is 16.4. The molecule has 3 aromatic rings. The van der Waals surface area contributed by atoms with Crippen molar-refractivity contribution in [1.29, 1.82) is 0 Å². The SMILES string of the molecule is COc1ccc(N(CC(=O)N(Cc2cccc(C)c2)[C@H](C)C(=O)NC2CCCC2)S(=O)(=O)c2ccc(C)c([N+](=O)[O-])c2)cc1. The van der Waals surface area contributed by atoms with E-state index in [0.29, 0.717) is 11.3 Å². The van der Waals surface area contributed by atoms with Crippen LogP contribution in [-0.4, -0.2) is 55.8 Å². The van der Waals surface area contributed by atoms with Gasteiger partial charge in [0, 0.05) is 24.2 Å². The lowest BCUT2D eigenvalue weighted by Crippen LogP contribution is -2.52. The highest BCUT2D eigenvalue weighted by Gasteiger charge is 2.34. The predicted octanol–water partition coefficient (Wildman–Crippen LogP) is 4.89. The largest absolute Gasteiger partial charge is 0.497 e. The molecule has 0 aliphatic heterocycles. The molecule has 0 heterocycles. The number of nitro benzene ring substituents is 1. The Balaban J connectivity index is 1.73. The van der Waals surface area contributed by atoms with Crippen molar-refractivity contribution >= 4 is 33.2 Å². The number of nitrogens with one attached hydrogen (secondary N) is 1. The summed E-state index contributed by atoms with van der Waals surface area (Å²) in [5.74, 6) is -0.450. The van der Waals surface area contributed by atoms with E-state index in [2.05, 4.69) is 5.32 Å². The number of sulfonamides is 1. The van der Waals surface area contributed by atoms with Crippen molar-refractivity contribution < 1.29 is 27.7 Å². The van der Waals surface area contributed by atoms with Gasteiger partial charge in [-0.05, 0) is 69.5 Å². The van der Waals surface area contributed by atoms with E-state index in [0.717, 1.165) is 47.2 Å². The molecule has 4 rings (SSSR count). The lowest BCUT2D eigenvalue weighted by molar-refractivity contribution is -0.385. The first-order chi connectivity index (χ1) is 20.9. The minimum Gasteiger partial charge on any atom is -0.497 e. The predicted molar refractivity (Wildman–Crippen MR) is 167 cm³/mol. The molecule has 0 unspecified atom stereocenters. The minimum absolute atomic E-state index is 0.0365. The van der Waals surface area contributed by atoms with E-state index in [-0.39, 0.29) is 34.8 Å². The Morgan fingerprint density at radius 1 is 1.05 bits per heavy atom. The van der Waals surface area contributed by atoms with E-state index in [1.54, 1.807) is 19.1 Å². The van der Waals surface area contributed by atoms with Crippen molar-refractivity contribution in [3.05, 3.63) is 93.5 Å². The van der Waals surface area contributed by atoms with Gasteiger partial charge in [-0.25, -0.2) is 8.42 Å². The molecule has 11 nitrogen and oxygen atoms in total. The number of hydrogen-bond donors (Lipinski definition) is 1. The van der Waals surface area contributed by atoms with Gasteiger partial charge in [-0.3, -0.25) is 24.0 Å². The summed E-state index contributed by atoms with van der Waals surface area (Å²) in [6.45, 7) is 4.49. The number of methoxy groups -OCH3 is 1. The molecule has 1 saturated carbocycles. The molecule has 3 aromatic carbocycles. The van der Waals surface area contributed by atoms with Gasteiger partial charge >= 0.3 is 0 Å². The van der Waals surface area contributed by atoms with Crippen LogP contribution in [0.2, 0.25) is 0 Å². The van der Waals surface area contributed by atoms with Crippen LogP contribution in [0, 0.1) is 24.0 Å². The molecule has 1 fully saturated rings. The van der Waals surface area contributed by atoms with Gasteiger partial charge in [0.15, 0.2) is 0 Å². The Morgan fingerprint density at radius 2 is 1.73 bits per heavy atom. The zero-order valence-corrected chi connectivity index (χ0v) is 26.2. The monoisotopic (exact) mass is 622 g/mol. The van der Waals surface area contributed by atoms with Crippen LogP contribution in [0.15, 0.2) is 71.6 Å². The lowest BCUT2D eigenvalue weighted by Gasteiger charge is -2.32. The Kier molecular flexibility index (Phi) is 10.3. The number of hydrogen-bond acceptors (Lipinski definition) is 7. The van der Waals surface area contributed by atoms with Crippen molar-refractivity contribution in [1.82, 2.24) is 10.2 Å². The van der Waals surface area contributed by atoms with Crippen LogP contribution >= 0.6 is 0 Å². The fourth-order valence-corrected chi connectivity index (χ4v) is 6.77. The number of ether oxygens (including phenoxy) is 1. The van der Waals surface area contributed by atoms with Crippen molar-refractivity contribution in [2.75, 3.05) is 18.0 Å². The van der Waals surface area contributed by atoms with Crippen LogP contribution in [-0.2, 0) is 26.2 Å². The van der Waals surface area contributed by atoms with Gasteiger partial charge in [0.2, 0.25) is 11.8 Å². The van der Waals surface area contributed by atoms with Crippen molar-refractivity contribution in [2.45, 2.75) is 70.0 Å². The number of amides is 2. The number of nitro groups is 1. The quantitative estimate of drug-likeness (QED) is 0.224. The van der Waals surface area contributed by atoms with Crippen molar-refractivity contribution in [2.24, 2.45) is 0 Å². The van der Waals surface area contributed by atoms with Crippen molar-refractivity contribution in [3.63, 3.8) is 0 Å². The number of carbonyl (C=O) groups excluding carboxylic acids is 2. The third kappa shape index (κ3) is 7.54. The van der Waals surface area contributed by atoms with Gasteiger partial charge in [0.25, 0.3) is 15.7 Å². The Bertz CT molecular complexity index is 1620. The van der Waals surface area contributed by atoms with Crippen molar-refractivity contribution in [3.8, 4) is 5.75 Å². The molecule has 12 heteroatoms. The second-order valence-corrected chi connectivity index (χ2v) is 13.0. The number of aryl methyl sites for hydroxylation is 2. The number of nitrogens with zero attached hydrogens (tertiary/aromatic N) is 3. The molecular formula is C32H38N4O7S. The third-order valence-corrected chi connectivity index (χ3v) is 9.68. The molecule has 0 spiro atoms. The maximum absolute atomic E-state index is 14.1. The molecule has 0 saturated heterocycles. The molecule has 1 aliphatic carbocycles. The van der Waals surface area contributed by atoms with Crippen LogP contribution < -0.4 is 14.4 Å².